The Balaban J connectivity index is 1.64. The fourth-order valence-corrected chi connectivity index (χ4v) is 4.07. The summed E-state index contributed by atoms with van der Waals surface area (Å²) in [7, 11) is 3.20. The summed E-state index contributed by atoms with van der Waals surface area (Å²) in [6.45, 7) is 2.75. The highest BCUT2D eigenvalue weighted by Gasteiger charge is 2.54. The minimum Gasteiger partial charge on any atom is -0.383 e. The van der Waals surface area contributed by atoms with Gasteiger partial charge in [0.15, 0.2) is 12.2 Å². The van der Waals surface area contributed by atoms with Crippen LogP contribution in [0.3, 0.4) is 0 Å². The van der Waals surface area contributed by atoms with Gasteiger partial charge in [0, 0.05) is 43.2 Å². The molecule has 154 valence electrons. The van der Waals surface area contributed by atoms with Crippen LogP contribution in [0.25, 0.3) is 0 Å². The fourth-order valence-electron chi connectivity index (χ4n) is 3.85. The number of likely N-dealkylation sites (N-methyl/N-ethyl adjacent to an activating group) is 1. The lowest BCUT2D eigenvalue weighted by molar-refractivity contribution is -0.137. The van der Waals surface area contributed by atoms with E-state index in [1.165, 1.54) is 23.1 Å². The SMILES string of the molecule is COCCN1C(C)=CN2C1=NC1C2C(=O)N(Cc2c(F)cccc2Cl)C(=O)N1C. The number of halogens is 2. The Hall–Kier alpha value is -2.65. The third-order valence-corrected chi connectivity index (χ3v) is 5.75. The molecule has 3 amide bonds. The van der Waals surface area contributed by atoms with Gasteiger partial charge in [-0.2, -0.15) is 0 Å². The summed E-state index contributed by atoms with van der Waals surface area (Å²) in [6, 6.07) is 3.02. The molecule has 1 saturated heterocycles. The summed E-state index contributed by atoms with van der Waals surface area (Å²) in [5, 5.41) is 0.168. The zero-order chi connectivity index (χ0) is 20.9. The van der Waals surface area contributed by atoms with Crippen molar-refractivity contribution in [2.45, 2.75) is 25.7 Å². The van der Waals surface area contributed by atoms with E-state index in [1.807, 2.05) is 18.0 Å². The molecule has 10 heteroatoms. The zero-order valence-corrected chi connectivity index (χ0v) is 17.1. The van der Waals surface area contributed by atoms with Crippen LogP contribution >= 0.6 is 11.6 Å². The average molecular weight is 422 g/mol. The third kappa shape index (κ3) is 3.05. The van der Waals surface area contributed by atoms with Crippen molar-refractivity contribution in [3.05, 3.63) is 46.5 Å². The summed E-state index contributed by atoms with van der Waals surface area (Å²) in [6.07, 6.45) is 1.20. The minimum atomic E-state index is -0.708. The summed E-state index contributed by atoms with van der Waals surface area (Å²) >= 11 is 6.10. The lowest BCUT2D eigenvalue weighted by Gasteiger charge is -2.40. The Morgan fingerprint density at radius 1 is 1.28 bits per heavy atom. The second kappa shape index (κ2) is 7.31. The maximum Gasteiger partial charge on any atom is 0.328 e. The third-order valence-electron chi connectivity index (χ3n) is 5.40. The number of rotatable bonds is 5. The van der Waals surface area contributed by atoms with Gasteiger partial charge in [0.1, 0.15) is 5.82 Å². The topological polar surface area (TPSA) is 68.7 Å². The molecular weight excluding hydrogens is 401 g/mol. The van der Waals surface area contributed by atoms with Crippen LogP contribution in [0.4, 0.5) is 9.18 Å². The first-order chi connectivity index (χ1) is 13.8. The second-order valence-electron chi connectivity index (χ2n) is 7.13. The van der Waals surface area contributed by atoms with Gasteiger partial charge in [0.25, 0.3) is 5.91 Å². The number of methoxy groups -OCH3 is 1. The summed E-state index contributed by atoms with van der Waals surface area (Å²) < 4.78 is 19.4. The predicted octanol–water partition coefficient (Wildman–Crippen LogP) is 2.06. The summed E-state index contributed by atoms with van der Waals surface area (Å²) in [5.74, 6) is -0.393. The number of allylic oxidation sites excluding steroid dienone is 1. The Morgan fingerprint density at radius 3 is 2.72 bits per heavy atom. The standard InChI is InChI=1S/C19H21ClFN5O3/c1-11-9-25-15-16(22-18(25)24(11)7-8-29-3)23(2)19(28)26(17(15)27)10-12-13(20)5-4-6-14(12)21/h4-6,9,15-16H,7-8,10H2,1-3H3. The van der Waals surface area contributed by atoms with E-state index < -0.39 is 30.0 Å². The molecule has 0 spiro atoms. The molecule has 2 unspecified atom stereocenters. The van der Waals surface area contributed by atoms with Gasteiger partial charge in [-0.25, -0.2) is 14.2 Å². The monoisotopic (exact) mass is 421 g/mol. The molecule has 2 atom stereocenters. The van der Waals surface area contributed by atoms with Crippen LogP contribution in [0, 0.1) is 5.82 Å². The van der Waals surface area contributed by atoms with Crippen molar-refractivity contribution in [2.75, 3.05) is 27.3 Å². The number of hydrogen-bond donors (Lipinski definition) is 0. The minimum absolute atomic E-state index is 0.108. The largest absolute Gasteiger partial charge is 0.383 e. The van der Waals surface area contributed by atoms with Crippen molar-refractivity contribution >= 4 is 29.5 Å². The van der Waals surface area contributed by atoms with E-state index in [-0.39, 0.29) is 17.1 Å². The Labute approximate surface area is 172 Å². The van der Waals surface area contributed by atoms with Crippen molar-refractivity contribution in [3.8, 4) is 0 Å². The predicted molar refractivity (Wildman–Crippen MR) is 104 cm³/mol. The van der Waals surface area contributed by atoms with Crippen LogP contribution in [-0.2, 0) is 16.1 Å². The quantitative estimate of drug-likeness (QED) is 0.728. The Kier molecular flexibility index (Phi) is 4.95. The number of imide groups is 1. The van der Waals surface area contributed by atoms with E-state index in [4.69, 9.17) is 16.3 Å². The lowest BCUT2D eigenvalue weighted by Crippen LogP contribution is -2.64. The van der Waals surface area contributed by atoms with E-state index in [9.17, 15) is 14.0 Å². The molecule has 1 aromatic rings. The fraction of sp³-hybridized carbons (Fsp3) is 0.421. The van der Waals surface area contributed by atoms with Crippen molar-refractivity contribution in [1.82, 2.24) is 19.6 Å². The molecule has 4 rings (SSSR count). The number of amides is 3. The highest BCUT2D eigenvalue weighted by Crippen LogP contribution is 2.34. The lowest BCUT2D eigenvalue weighted by atomic mass is 10.1. The van der Waals surface area contributed by atoms with Crippen molar-refractivity contribution in [3.63, 3.8) is 0 Å². The number of benzene rings is 1. The van der Waals surface area contributed by atoms with Crippen LogP contribution in [0.1, 0.15) is 12.5 Å². The molecular formula is C19H21ClFN5O3. The van der Waals surface area contributed by atoms with Gasteiger partial charge < -0.3 is 19.4 Å². The Bertz CT molecular complexity index is 916. The second-order valence-corrected chi connectivity index (χ2v) is 7.54. The molecule has 1 aromatic carbocycles. The highest BCUT2D eigenvalue weighted by atomic mass is 35.5. The first-order valence-electron chi connectivity index (χ1n) is 9.17. The average Bonchev–Trinajstić information content (AvgIpc) is 3.19. The van der Waals surface area contributed by atoms with E-state index in [1.54, 1.807) is 19.1 Å². The van der Waals surface area contributed by atoms with Crippen LogP contribution in [0.5, 0.6) is 0 Å². The van der Waals surface area contributed by atoms with Crippen LogP contribution < -0.4 is 0 Å². The maximum absolute atomic E-state index is 14.3. The molecule has 0 bridgehead atoms. The maximum atomic E-state index is 14.3. The first kappa shape index (κ1) is 19.7. The molecule has 0 aromatic heterocycles. The molecule has 29 heavy (non-hydrogen) atoms. The smallest absolute Gasteiger partial charge is 0.328 e. The molecule has 8 nitrogen and oxygen atoms in total. The van der Waals surface area contributed by atoms with Gasteiger partial charge in [-0.05, 0) is 19.1 Å². The molecule has 0 aliphatic carbocycles. The van der Waals surface area contributed by atoms with Crippen molar-refractivity contribution in [1.29, 1.82) is 0 Å². The Morgan fingerprint density at radius 2 is 2.03 bits per heavy atom. The number of guanidine groups is 1. The van der Waals surface area contributed by atoms with Crippen LogP contribution in [0.15, 0.2) is 35.1 Å². The zero-order valence-electron chi connectivity index (χ0n) is 16.3. The molecule has 1 fully saturated rings. The van der Waals surface area contributed by atoms with Gasteiger partial charge in [-0.1, -0.05) is 17.7 Å². The number of ether oxygens (including phenoxy) is 1. The van der Waals surface area contributed by atoms with E-state index in [0.717, 1.165) is 10.6 Å². The van der Waals surface area contributed by atoms with E-state index in [0.29, 0.717) is 19.1 Å². The van der Waals surface area contributed by atoms with Gasteiger partial charge in [-0.15, -0.1) is 0 Å². The molecule has 3 heterocycles. The number of urea groups is 1. The molecule has 3 aliphatic heterocycles. The number of fused-ring (bicyclic) bond motifs is 3. The number of carbonyl (C=O) groups is 2. The normalized spacial score (nSPS) is 23.5. The van der Waals surface area contributed by atoms with Crippen molar-refractivity contribution < 1.29 is 18.7 Å². The van der Waals surface area contributed by atoms with Crippen LogP contribution in [-0.4, -0.2) is 77.0 Å². The highest BCUT2D eigenvalue weighted by molar-refractivity contribution is 6.31. The molecule has 0 saturated carbocycles. The van der Waals surface area contributed by atoms with Crippen LogP contribution in [0.2, 0.25) is 5.02 Å². The number of nitrogens with zero attached hydrogens (tertiary/aromatic N) is 5. The van der Waals surface area contributed by atoms with Gasteiger partial charge in [0.2, 0.25) is 5.96 Å². The molecule has 3 aliphatic rings. The van der Waals surface area contributed by atoms with Gasteiger partial charge >= 0.3 is 6.03 Å². The number of aliphatic imine (C=N–C) groups is 1. The molecule has 0 N–H and O–H groups in total. The summed E-state index contributed by atoms with van der Waals surface area (Å²) in [5.41, 5.74) is 1.03. The first-order valence-corrected chi connectivity index (χ1v) is 9.55. The van der Waals surface area contributed by atoms with Gasteiger partial charge in [-0.3, -0.25) is 9.69 Å². The summed E-state index contributed by atoms with van der Waals surface area (Å²) in [4.78, 5) is 37.0. The number of carbonyl (C=O) groups excluding carboxylic acids is 2. The van der Waals surface area contributed by atoms with Crippen molar-refractivity contribution in [2.24, 2.45) is 4.99 Å². The molecule has 0 radical (unpaired) electrons. The van der Waals surface area contributed by atoms with Gasteiger partial charge in [0.05, 0.1) is 13.2 Å². The van der Waals surface area contributed by atoms with E-state index in [2.05, 4.69) is 4.99 Å². The number of hydrogen-bond acceptors (Lipinski definition) is 6. The van der Waals surface area contributed by atoms with E-state index >= 15 is 0 Å².